The van der Waals surface area contributed by atoms with Crippen LogP contribution in [-0.4, -0.2) is 9.97 Å². The van der Waals surface area contributed by atoms with E-state index in [0.717, 1.165) is 28.0 Å². The normalized spacial score (nSPS) is 11.6. The average Bonchev–Trinajstić information content (AvgIpc) is 2.76. The second kappa shape index (κ2) is 6.11. The number of rotatable bonds is 1. The van der Waals surface area contributed by atoms with Gasteiger partial charge in [0.1, 0.15) is 0 Å². The molecule has 0 radical (unpaired) electrons. The highest BCUT2D eigenvalue weighted by Gasteiger charge is 2.11. The van der Waals surface area contributed by atoms with Crippen molar-refractivity contribution in [2.24, 2.45) is 0 Å². The molecule has 0 aliphatic rings. The molecule has 0 amide bonds. The SMILES string of the molecule is Cc1nc(-c2cccc3ccccc23)nc2cc3cc4ccccc4cc3cc12. The number of aromatic nitrogens is 2. The summed E-state index contributed by atoms with van der Waals surface area (Å²) in [6.45, 7) is 2.07. The lowest BCUT2D eigenvalue weighted by Gasteiger charge is -2.10. The van der Waals surface area contributed by atoms with Crippen LogP contribution in [0.15, 0.2) is 91.0 Å². The lowest BCUT2D eigenvalue weighted by atomic mass is 10.0. The number of benzene rings is 5. The molecular weight excluding hydrogens is 352 g/mol. The predicted octanol–water partition coefficient (Wildman–Crippen LogP) is 7.06. The van der Waals surface area contributed by atoms with E-state index in [4.69, 9.17) is 9.97 Å². The number of aryl methyl sites for hydroxylation is 1. The van der Waals surface area contributed by atoms with Gasteiger partial charge in [0.05, 0.1) is 5.52 Å². The van der Waals surface area contributed by atoms with E-state index >= 15 is 0 Å². The molecule has 0 N–H and O–H groups in total. The second-order valence-electron chi connectivity index (χ2n) is 7.58. The minimum Gasteiger partial charge on any atom is -0.233 e. The van der Waals surface area contributed by atoms with Gasteiger partial charge < -0.3 is 0 Å². The van der Waals surface area contributed by atoms with Crippen LogP contribution in [0, 0.1) is 6.92 Å². The second-order valence-corrected chi connectivity index (χ2v) is 7.58. The number of hydrogen-bond acceptors (Lipinski definition) is 2. The Morgan fingerprint density at radius 1 is 0.517 bits per heavy atom. The lowest BCUT2D eigenvalue weighted by Crippen LogP contribution is -1.95. The van der Waals surface area contributed by atoms with Crippen LogP contribution in [0.1, 0.15) is 5.69 Å². The van der Waals surface area contributed by atoms with Gasteiger partial charge in [0.2, 0.25) is 0 Å². The largest absolute Gasteiger partial charge is 0.233 e. The van der Waals surface area contributed by atoms with Crippen molar-refractivity contribution in [1.82, 2.24) is 9.97 Å². The Morgan fingerprint density at radius 2 is 1.17 bits per heavy atom. The Kier molecular flexibility index (Phi) is 3.41. The van der Waals surface area contributed by atoms with Gasteiger partial charge in [0.15, 0.2) is 5.82 Å². The van der Waals surface area contributed by atoms with Crippen LogP contribution in [-0.2, 0) is 0 Å². The fraction of sp³-hybridized carbons (Fsp3) is 0.0370. The third kappa shape index (κ3) is 2.57. The molecule has 6 aromatic rings. The van der Waals surface area contributed by atoms with Crippen LogP contribution in [0.25, 0.3) is 54.6 Å². The van der Waals surface area contributed by atoms with Crippen LogP contribution in [0.5, 0.6) is 0 Å². The van der Waals surface area contributed by atoms with Crippen molar-refractivity contribution in [2.45, 2.75) is 6.92 Å². The first-order valence-corrected chi connectivity index (χ1v) is 9.85. The van der Waals surface area contributed by atoms with Crippen molar-refractivity contribution >= 4 is 43.2 Å². The zero-order valence-corrected chi connectivity index (χ0v) is 16.1. The monoisotopic (exact) mass is 370 g/mol. The standard InChI is InChI=1S/C27H18N2/c1-17-25-15-21-13-19-8-2-3-9-20(19)14-22(21)16-26(25)29-27(28-17)24-12-6-10-18-7-4-5-11-23(18)24/h2-16H,1H3. The Hall–Kier alpha value is -3.78. The molecule has 0 fully saturated rings. The molecule has 6 rings (SSSR count). The topological polar surface area (TPSA) is 25.8 Å². The van der Waals surface area contributed by atoms with Gasteiger partial charge in [-0.2, -0.15) is 0 Å². The highest BCUT2D eigenvalue weighted by molar-refractivity contribution is 6.05. The molecule has 1 aromatic heterocycles. The summed E-state index contributed by atoms with van der Waals surface area (Å²) >= 11 is 0. The van der Waals surface area contributed by atoms with Gasteiger partial charge in [-0.3, -0.25) is 0 Å². The van der Waals surface area contributed by atoms with Gasteiger partial charge in [-0.15, -0.1) is 0 Å². The van der Waals surface area contributed by atoms with Crippen LogP contribution in [0.3, 0.4) is 0 Å². The summed E-state index contributed by atoms with van der Waals surface area (Å²) in [4.78, 5) is 9.86. The Labute approximate surface area is 168 Å². The van der Waals surface area contributed by atoms with Crippen LogP contribution >= 0.6 is 0 Å². The van der Waals surface area contributed by atoms with E-state index in [1.807, 2.05) is 0 Å². The summed E-state index contributed by atoms with van der Waals surface area (Å²) in [5.41, 5.74) is 3.07. The molecule has 0 saturated heterocycles. The fourth-order valence-corrected chi connectivity index (χ4v) is 4.26. The first kappa shape index (κ1) is 16.2. The third-order valence-corrected chi connectivity index (χ3v) is 5.74. The van der Waals surface area contributed by atoms with Crippen LogP contribution in [0.4, 0.5) is 0 Å². The molecular formula is C27H18N2. The first-order valence-electron chi connectivity index (χ1n) is 9.85. The predicted molar refractivity (Wildman–Crippen MR) is 122 cm³/mol. The van der Waals surface area contributed by atoms with Crippen molar-refractivity contribution in [3.63, 3.8) is 0 Å². The molecule has 2 nitrogen and oxygen atoms in total. The van der Waals surface area contributed by atoms with Gasteiger partial charge in [-0.25, -0.2) is 9.97 Å². The van der Waals surface area contributed by atoms with E-state index < -0.39 is 0 Å². The van der Waals surface area contributed by atoms with E-state index in [9.17, 15) is 0 Å². The van der Waals surface area contributed by atoms with Crippen molar-refractivity contribution in [1.29, 1.82) is 0 Å². The van der Waals surface area contributed by atoms with E-state index in [0.29, 0.717) is 0 Å². The van der Waals surface area contributed by atoms with Crippen LogP contribution < -0.4 is 0 Å². The van der Waals surface area contributed by atoms with E-state index in [-0.39, 0.29) is 0 Å². The molecule has 2 heteroatoms. The van der Waals surface area contributed by atoms with E-state index in [1.165, 1.54) is 32.3 Å². The Bertz CT molecular complexity index is 1560. The molecule has 0 bridgehead atoms. The molecule has 0 spiro atoms. The Balaban J connectivity index is 1.65. The molecule has 1 heterocycles. The van der Waals surface area contributed by atoms with Crippen molar-refractivity contribution in [3.05, 3.63) is 96.7 Å². The maximum absolute atomic E-state index is 4.98. The van der Waals surface area contributed by atoms with E-state index in [1.54, 1.807) is 0 Å². The maximum Gasteiger partial charge on any atom is 0.160 e. The summed E-state index contributed by atoms with van der Waals surface area (Å²) in [5, 5.41) is 8.43. The Morgan fingerprint density at radius 3 is 1.97 bits per heavy atom. The minimum atomic E-state index is 0.784. The summed E-state index contributed by atoms with van der Waals surface area (Å²) in [6.07, 6.45) is 0. The number of hydrogen-bond donors (Lipinski definition) is 0. The molecule has 29 heavy (non-hydrogen) atoms. The molecule has 0 saturated carbocycles. The molecule has 0 aliphatic carbocycles. The number of nitrogens with zero attached hydrogens (tertiary/aromatic N) is 2. The summed E-state index contributed by atoms with van der Waals surface area (Å²) in [5.74, 6) is 0.784. The van der Waals surface area contributed by atoms with Crippen molar-refractivity contribution in [3.8, 4) is 11.4 Å². The van der Waals surface area contributed by atoms with Crippen LogP contribution in [0.2, 0.25) is 0 Å². The lowest BCUT2D eigenvalue weighted by molar-refractivity contribution is 1.16. The molecule has 0 atom stereocenters. The molecule has 5 aromatic carbocycles. The summed E-state index contributed by atoms with van der Waals surface area (Å²) < 4.78 is 0. The third-order valence-electron chi connectivity index (χ3n) is 5.74. The fourth-order valence-electron chi connectivity index (χ4n) is 4.26. The molecule has 0 aliphatic heterocycles. The van der Waals surface area contributed by atoms with Gasteiger partial charge >= 0.3 is 0 Å². The van der Waals surface area contributed by atoms with E-state index in [2.05, 4.69) is 97.9 Å². The number of fused-ring (bicyclic) bond motifs is 4. The smallest absolute Gasteiger partial charge is 0.160 e. The maximum atomic E-state index is 4.98. The molecule has 136 valence electrons. The zero-order chi connectivity index (χ0) is 19.4. The summed E-state index contributed by atoms with van der Waals surface area (Å²) in [6, 6.07) is 32.1. The quantitative estimate of drug-likeness (QED) is 0.289. The van der Waals surface area contributed by atoms with Crippen molar-refractivity contribution in [2.75, 3.05) is 0 Å². The van der Waals surface area contributed by atoms with Gasteiger partial charge in [0.25, 0.3) is 0 Å². The van der Waals surface area contributed by atoms with Gasteiger partial charge in [-0.1, -0.05) is 66.7 Å². The highest BCUT2D eigenvalue weighted by Crippen LogP contribution is 2.31. The first-order chi connectivity index (χ1) is 14.3. The average molecular weight is 370 g/mol. The summed E-state index contributed by atoms with van der Waals surface area (Å²) in [7, 11) is 0. The molecule has 0 unspecified atom stereocenters. The van der Waals surface area contributed by atoms with Gasteiger partial charge in [-0.05, 0) is 63.5 Å². The van der Waals surface area contributed by atoms with Gasteiger partial charge in [0, 0.05) is 16.6 Å². The zero-order valence-electron chi connectivity index (χ0n) is 16.1. The minimum absolute atomic E-state index is 0.784. The highest BCUT2D eigenvalue weighted by atomic mass is 14.9. The van der Waals surface area contributed by atoms with Crippen molar-refractivity contribution < 1.29 is 0 Å².